The van der Waals surface area contributed by atoms with Gasteiger partial charge in [0.15, 0.2) is 0 Å². The van der Waals surface area contributed by atoms with E-state index in [1.165, 1.54) is 0 Å². The fraction of sp³-hybridized carbons (Fsp3) is 0.0571. The topological polar surface area (TPSA) is 40.6 Å². The number of aromatic nitrogens is 1. The summed E-state index contributed by atoms with van der Waals surface area (Å²) in [5, 5.41) is 1.04. The molecule has 0 saturated heterocycles. The molecule has 0 aliphatic carbocycles. The van der Waals surface area contributed by atoms with Gasteiger partial charge in [-0.1, -0.05) is 103 Å². The van der Waals surface area contributed by atoms with Crippen LogP contribution in [0.25, 0.3) is 10.9 Å². The Kier molecular flexibility index (Phi) is 7.72. The maximum absolute atomic E-state index is 6.69. The van der Waals surface area contributed by atoms with E-state index in [1.54, 1.807) is 6.20 Å². The lowest BCUT2D eigenvalue weighted by atomic mass is 9.55. The van der Waals surface area contributed by atoms with Crippen LogP contribution in [0.2, 0.25) is 0 Å². The summed E-state index contributed by atoms with van der Waals surface area (Å²) >= 11 is 0. The molecule has 40 heavy (non-hydrogen) atoms. The second-order valence-corrected chi connectivity index (χ2v) is 9.52. The van der Waals surface area contributed by atoms with Crippen LogP contribution in [0.1, 0.15) is 11.1 Å². The molecule has 0 fully saturated rings. The lowest BCUT2D eigenvalue weighted by Gasteiger charge is -2.19. The van der Waals surface area contributed by atoms with Crippen LogP contribution in [0, 0.1) is 0 Å². The highest BCUT2D eigenvalue weighted by Crippen LogP contribution is 2.24. The third-order valence-electron chi connectivity index (χ3n) is 6.70. The number of ether oxygens (including phenoxy) is 2. The monoisotopic (exact) mass is 521 g/mol. The van der Waals surface area contributed by atoms with Gasteiger partial charge in [0.2, 0.25) is 0 Å². The average molecular weight is 521 g/mol. The minimum absolute atomic E-state index is 0.348. The highest BCUT2D eigenvalue weighted by Gasteiger charge is 2.25. The molecule has 6 aromatic rings. The molecule has 6 rings (SSSR count). The van der Waals surface area contributed by atoms with Crippen molar-refractivity contribution in [3.63, 3.8) is 0 Å². The van der Waals surface area contributed by atoms with Gasteiger partial charge in [0.1, 0.15) is 36.0 Å². The highest BCUT2D eigenvalue weighted by atomic mass is 16.5. The Bertz CT molecular complexity index is 1570. The summed E-state index contributed by atoms with van der Waals surface area (Å²) in [6.07, 6.45) is 1.79. The van der Waals surface area contributed by atoms with Crippen LogP contribution in [0.15, 0.2) is 146 Å². The predicted molar refractivity (Wildman–Crippen MR) is 162 cm³/mol. The van der Waals surface area contributed by atoms with Crippen LogP contribution >= 0.6 is 0 Å². The van der Waals surface area contributed by atoms with Crippen LogP contribution in [0.4, 0.5) is 0 Å². The fourth-order valence-electron chi connectivity index (χ4n) is 4.59. The number of fused-ring (bicyclic) bond motifs is 1. The third-order valence-corrected chi connectivity index (χ3v) is 6.70. The molecule has 0 aliphatic rings. The van der Waals surface area contributed by atoms with E-state index >= 15 is 0 Å². The summed E-state index contributed by atoms with van der Waals surface area (Å²) in [6.45, 7) is 0.692. The van der Waals surface area contributed by atoms with Gasteiger partial charge in [-0.3, -0.25) is 4.98 Å². The van der Waals surface area contributed by atoms with Crippen molar-refractivity contribution in [2.75, 3.05) is 0 Å². The van der Waals surface area contributed by atoms with E-state index < -0.39 is 0 Å². The van der Waals surface area contributed by atoms with E-state index in [2.05, 4.69) is 53.5 Å². The van der Waals surface area contributed by atoms with Crippen molar-refractivity contribution in [1.29, 1.82) is 0 Å². The van der Waals surface area contributed by atoms with E-state index in [-0.39, 0.29) is 6.92 Å². The maximum Gasteiger partial charge on any atom is 0.426 e. The van der Waals surface area contributed by atoms with Crippen molar-refractivity contribution in [2.24, 2.45) is 0 Å². The zero-order valence-electron chi connectivity index (χ0n) is 22.0. The Morgan fingerprint density at radius 1 is 0.500 bits per heavy atom. The molecule has 0 saturated carbocycles. The van der Waals surface area contributed by atoms with E-state index in [1.807, 2.05) is 91.0 Å². The molecule has 0 bridgehead atoms. The maximum atomic E-state index is 6.69. The van der Waals surface area contributed by atoms with E-state index in [0.717, 1.165) is 50.2 Å². The molecule has 5 aromatic carbocycles. The largest absolute Gasteiger partial charge is 0.550 e. The van der Waals surface area contributed by atoms with Crippen LogP contribution in [-0.2, 0) is 13.2 Å². The molecule has 0 N–H and O–H groups in total. The average Bonchev–Trinajstić information content (AvgIpc) is 3.03. The summed E-state index contributed by atoms with van der Waals surface area (Å²) in [5.74, 6) is 2.35. The quantitative estimate of drug-likeness (QED) is 0.191. The van der Waals surface area contributed by atoms with Crippen LogP contribution < -0.4 is 25.1 Å². The van der Waals surface area contributed by atoms with Gasteiger partial charge in [0.25, 0.3) is 0 Å². The molecule has 0 spiro atoms. The van der Waals surface area contributed by atoms with Crippen LogP contribution in [-0.4, -0.2) is 11.9 Å². The molecule has 0 radical (unpaired) electrons. The highest BCUT2D eigenvalue weighted by molar-refractivity contribution is 6.80. The van der Waals surface area contributed by atoms with Crippen molar-refractivity contribution in [1.82, 2.24) is 4.98 Å². The minimum atomic E-state index is -0.348. The number of nitrogens with zero attached hydrogens (tertiary/aromatic N) is 1. The summed E-state index contributed by atoms with van der Waals surface area (Å²) in [6, 6.07) is 46.5. The second kappa shape index (κ2) is 12.2. The SMILES string of the molecule is c1ccc(COc2ccc(B(Oc3cccc4cccnc34)c3ccc(OCc4ccccc4)cc3)cc2)cc1. The van der Waals surface area contributed by atoms with Crippen LogP contribution in [0.3, 0.4) is 0 Å². The van der Waals surface area contributed by atoms with Crippen molar-refractivity contribution < 1.29 is 14.1 Å². The molecule has 194 valence electrons. The zero-order chi connectivity index (χ0) is 27.0. The first-order chi connectivity index (χ1) is 19.8. The number of rotatable bonds is 10. The third kappa shape index (κ3) is 6.16. The first-order valence-corrected chi connectivity index (χ1v) is 13.4. The Morgan fingerprint density at radius 2 is 1.02 bits per heavy atom. The first kappa shape index (κ1) is 25.3. The number of para-hydroxylation sites is 1. The van der Waals surface area contributed by atoms with Gasteiger partial charge in [-0.15, -0.1) is 0 Å². The molecular formula is C35H28BNO3. The second-order valence-electron chi connectivity index (χ2n) is 9.52. The van der Waals surface area contributed by atoms with Crippen molar-refractivity contribution in [2.45, 2.75) is 13.2 Å². The fourth-order valence-corrected chi connectivity index (χ4v) is 4.59. The lowest BCUT2D eigenvalue weighted by Crippen LogP contribution is -2.47. The first-order valence-electron chi connectivity index (χ1n) is 13.4. The Balaban J connectivity index is 1.25. The van der Waals surface area contributed by atoms with Crippen molar-refractivity contribution in [3.8, 4) is 17.2 Å². The van der Waals surface area contributed by atoms with Gasteiger partial charge in [-0.25, -0.2) is 0 Å². The summed E-state index contributed by atoms with van der Waals surface area (Å²) in [5.41, 5.74) is 5.12. The molecule has 1 heterocycles. The molecule has 0 aliphatic heterocycles. The van der Waals surface area contributed by atoms with E-state index in [9.17, 15) is 0 Å². The van der Waals surface area contributed by atoms with Gasteiger partial charge in [-0.05, 0) is 58.5 Å². The van der Waals surface area contributed by atoms with Gasteiger partial charge < -0.3 is 14.1 Å². The Hall–Kier alpha value is -5.03. The molecule has 0 amide bonds. The van der Waals surface area contributed by atoms with Gasteiger partial charge in [0.05, 0.1) is 0 Å². The zero-order valence-corrected chi connectivity index (χ0v) is 22.0. The normalized spacial score (nSPS) is 10.7. The van der Waals surface area contributed by atoms with Crippen molar-refractivity contribution >= 4 is 28.7 Å². The van der Waals surface area contributed by atoms with Gasteiger partial charge in [0, 0.05) is 11.6 Å². The summed E-state index contributed by atoms with van der Waals surface area (Å²) in [4.78, 5) is 4.59. The Morgan fingerprint density at radius 3 is 1.57 bits per heavy atom. The minimum Gasteiger partial charge on any atom is -0.550 e. The lowest BCUT2D eigenvalue weighted by molar-refractivity contribution is 0.306. The molecule has 5 heteroatoms. The van der Waals surface area contributed by atoms with Crippen molar-refractivity contribution in [3.05, 3.63) is 157 Å². The smallest absolute Gasteiger partial charge is 0.426 e. The summed E-state index contributed by atoms with van der Waals surface area (Å²) < 4.78 is 18.7. The number of hydrogen-bond donors (Lipinski definition) is 0. The van der Waals surface area contributed by atoms with Gasteiger partial charge in [-0.2, -0.15) is 0 Å². The molecule has 0 unspecified atom stereocenters. The molecule has 4 nitrogen and oxygen atoms in total. The Labute approximate surface area is 234 Å². The number of pyridine rings is 1. The summed E-state index contributed by atoms with van der Waals surface area (Å²) in [7, 11) is 0. The van der Waals surface area contributed by atoms with Gasteiger partial charge >= 0.3 is 6.92 Å². The number of hydrogen-bond acceptors (Lipinski definition) is 4. The molecule has 1 aromatic heterocycles. The predicted octanol–water partition coefficient (Wildman–Crippen LogP) is 6.58. The van der Waals surface area contributed by atoms with E-state index in [0.29, 0.717) is 13.2 Å². The molecular weight excluding hydrogens is 493 g/mol. The molecule has 0 atom stereocenters. The number of benzene rings is 5. The van der Waals surface area contributed by atoms with Crippen LogP contribution in [0.5, 0.6) is 17.2 Å². The van der Waals surface area contributed by atoms with E-state index in [4.69, 9.17) is 14.1 Å². The standard InChI is InChI=1S/C35H28BNO3/c1-3-9-27(10-4-1)25-38-32-20-16-30(17-21-32)36(40-34-15-7-13-29-14-8-24-37-35(29)34)31-18-22-33(23-19-31)39-26-28-11-5-2-6-12-28/h1-24H,25-26H2.